The van der Waals surface area contributed by atoms with Crippen LogP contribution in [-0.4, -0.2) is 52.1 Å². The van der Waals surface area contributed by atoms with Gasteiger partial charge in [-0.3, -0.25) is 0 Å². The molecule has 1 fully saturated rings. The fraction of sp³-hybridized carbons (Fsp3) is 0.769. The number of aromatic nitrogens is 3. The SMILES string of the molecule is CCCOc1nc(Cl)nc(NC(C)CN2CCCC2)n1. The van der Waals surface area contributed by atoms with Crippen molar-refractivity contribution in [2.75, 3.05) is 31.6 Å². The van der Waals surface area contributed by atoms with E-state index in [2.05, 4.69) is 32.1 Å². The molecule has 2 rings (SSSR count). The molecule has 0 aromatic carbocycles. The summed E-state index contributed by atoms with van der Waals surface area (Å²) in [6.07, 6.45) is 3.48. The summed E-state index contributed by atoms with van der Waals surface area (Å²) in [7, 11) is 0. The smallest absolute Gasteiger partial charge is 0.322 e. The zero-order valence-corrected chi connectivity index (χ0v) is 12.9. The Morgan fingerprint density at radius 3 is 2.75 bits per heavy atom. The number of hydrogen-bond donors (Lipinski definition) is 1. The van der Waals surface area contributed by atoms with E-state index < -0.39 is 0 Å². The Balaban J connectivity index is 1.91. The maximum absolute atomic E-state index is 5.89. The van der Waals surface area contributed by atoms with Crippen molar-refractivity contribution in [2.45, 2.75) is 39.2 Å². The first-order chi connectivity index (χ1) is 9.67. The van der Waals surface area contributed by atoms with Crippen molar-refractivity contribution in [3.8, 4) is 6.01 Å². The second-order valence-corrected chi connectivity index (χ2v) is 5.45. The Bertz CT molecular complexity index is 425. The Morgan fingerprint density at radius 1 is 1.30 bits per heavy atom. The highest BCUT2D eigenvalue weighted by Crippen LogP contribution is 2.13. The molecule has 0 saturated carbocycles. The third-order valence-electron chi connectivity index (χ3n) is 3.13. The summed E-state index contributed by atoms with van der Waals surface area (Å²) in [5.41, 5.74) is 0. The predicted molar refractivity (Wildman–Crippen MR) is 79.4 cm³/mol. The van der Waals surface area contributed by atoms with Gasteiger partial charge < -0.3 is 15.0 Å². The molecular weight excluding hydrogens is 278 g/mol. The minimum atomic E-state index is 0.155. The number of anilines is 1. The fourth-order valence-corrected chi connectivity index (χ4v) is 2.43. The van der Waals surface area contributed by atoms with Crippen molar-refractivity contribution in [3.63, 3.8) is 0 Å². The summed E-state index contributed by atoms with van der Waals surface area (Å²) in [5.74, 6) is 0.475. The van der Waals surface area contributed by atoms with E-state index in [1.165, 1.54) is 25.9 Å². The summed E-state index contributed by atoms with van der Waals surface area (Å²) in [5, 5.41) is 3.41. The molecule has 112 valence electrons. The summed E-state index contributed by atoms with van der Waals surface area (Å²) in [6, 6.07) is 0.535. The van der Waals surface area contributed by atoms with E-state index in [-0.39, 0.29) is 17.3 Å². The summed E-state index contributed by atoms with van der Waals surface area (Å²) in [4.78, 5) is 14.7. The number of hydrogen-bond acceptors (Lipinski definition) is 6. The van der Waals surface area contributed by atoms with E-state index >= 15 is 0 Å². The normalized spacial score (nSPS) is 17.1. The zero-order chi connectivity index (χ0) is 14.4. The van der Waals surface area contributed by atoms with E-state index in [1.54, 1.807) is 0 Å². The first kappa shape index (κ1) is 15.3. The Kier molecular flexibility index (Phi) is 5.79. The highest BCUT2D eigenvalue weighted by atomic mass is 35.5. The predicted octanol–water partition coefficient (Wildman–Crippen LogP) is 2.21. The van der Waals surface area contributed by atoms with Crippen molar-refractivity contribution < 1.29 is 4.74 Å². The van der Waals surface area contributed by atoms with Gasteiger partial charge >= 0.3 is 6.01 Å². The van der Waals surface area contributed by atoms with Crippen molar-refractivity contribution in [2.24, 2.45) is 0 Å². The van der Waals surface area contributed by atoms with Crippen LogP contribution in [0.3, 0.4) is 0 Å². The van der Waals surface area contributed by atoms with Crippen LogP contribution in [-0.2, 0) is 0 Å². The third kappa shape index (κ3) is 4.76. The van der Waals surface area contributed by atoms with Gasteiger partial charge in [-0.2, -0.15) is 15.0 Å². The van der Waals surface area contributed by atoms with Crippen LogP contribution < -0.4 is 10.1 Å². The number of nitrogens with zero attached hydrogens (tertiary/aromatic N) is 4. The molecule has 1 unspecified atom stereocenters. The number of halogens is 1. The van der Waals surface area contributed by atoms with Crippen LogP contribution in [0.4, 0.5) is 5.95 Å². The van der Waals surface area contributed by atoms with Gasteiger partial charge in [-0.05, 0) is 50.9 Å². The van der Waals surface area contributed by atoms with E-state index in [9.17, 15) is 0 Å². The molecule has 1 N–H and O–H groups in total. The summed E-state index contributed by atoms with van der Waals surface area (Å²) >= 11 is 5.89. The lowest BCUT2D eigenvalue weighted by Gasteiger charge is -2.21. The van der Waals surface area contributed by atoms with Gasteiger partial charge in [0, 0.05) is 12.6 Å². The number of nitrogens with one attached hydrogen (secondary N) is 1. The molecule has 0 aliphatic carbocycles. The van der Waals surface area contributed by atoms with E-state index in [0.717, 1.165) is 13.0 Å². The van der Waals surface area contributed by atoms with Crippen LogP contribution in [0, 0.1) is 0 Å². The number of rotatable bonds is 7. The van der Waals surface area contributed by atoms with Crippen molar-refractivity contribution in [1.82, 2.24) is 19.9 Å². The van der Waals surface area contributed by atoms with E-state index in [0.29, 0.717) is 12.6 Å². The molecular formula is C13H22ClN5O. The minimum Gasteiger partial charge on any atom is -0.463 e. The van der Waals surface area contributed by atoms with Crippen LogP contribution in [0.25, 0.3) is 0 Å². The molecule has 0 amide bonds. The van der Waals surface area contributed by atoms with Gasteiger partial charge in [0.15, 0.2) is 0 Å². The van der Waals surface area contributed by atoms with Crippen molar-refractivity contribution >= 4 is 17.5 Å². The van der Waals surface area contributed by atoms with Gasteiger partial charge in [-0.15, -0.1) is 0 Å². The van der Waals surface area contributed by atoms with Crippen LogP contribution in [0.15, 0.2) is 0 Å². The minimum absolute atomic E-state index is 0.155. The van der Waals surface area contributed by atoms with Gasteiger partial charge in [0.2, 0.25) is 11.2 Å². The molecule has 6 nitrogen and oxygen atoms in total. The molecule has 20 heavy (non-hydrogen) atoms. The van der Waals surface area contributed by atoms with Crippen LogP contribution in [0.2, 0.25) is 5.28 Å². The van der Waals surface area contributed by atoms with E-state index in [4.69, 9.17) is 16.3 Å². The lowest BCUT2D eigenvalue weighted by Crippen LogP contribution is -2.33. The lowest BCUT2D eigenvalue weighted by molar-refractivity contribution is 0.291. The molecule has 1 aliphatic rings. The van der Waals surface area contributed by atoms with Crippen LogP contribution in [0.5, 0.6) is 6.01 Å². The molecule has 1 aromatic heterocycles. The first-order valence-electron chi connectivity index (χ1n) is 7.20. The molecule has 0 bridgehead atoms. The second kappa shape index (κ2) is 7.59. The molecule has 0 spiro atoms. The topological polar surface area (TPSA) is 63.2 Å². The molecule has 0 radical (unpaired) electrons. The standard InChI is InChI=1S/C13H22ClN5O/c1-3-8-20-13-17-11(14)16-12(18-13)15-10(2)9-19-6-4-5-7-19/h10H,3-9H2,1-2H3,(H,15,16,17,18). The van der Waals surface area contributed by atoms with Crippen LogP contribution in [0.1, 0.15) is 33.1 Å². The van der Waals surface area contributed by atoms with Gasteiger partial charge in [0.25, 0.3) is 0 Å². The molecule has 1 atom stereocenters. The summed E-state index contributed by atoms with van der Waals surface area (Å²) in [6.45, 7) is 8.05. The highest BCUT2D eigenvalue weighted by molar-refractivity contribution is 6.28. The molecule has 1 saturated heterocycles. The van der Waals surface area contributed by atoms with Crippen molar-refractivity contribution in [1.29, 1.82) is 0 Å². The van der Waals surface area contributed by atoms with Gasteiger partial charge in [-0.1, -0.05) is 6.92 Å². The van der Waals surface area contributed by atoms with Crippen LogP contribution >= 0.6 is 11.6 Å². The average molecular weight is 300 g/mol. The highest BCUT2D eigenvalue weighted by Gasteiger charge is 2.15. The summed E-state index contributed by atoms with van der Waals surface area (Å²) < 4.78 is 5.39. The average Bonchev–Trinajstić information content (AvgIpc) is 2.88. The quantitative estimate of drug-likeness (QED) is 0.833. The Labute approximate surface area is 124 Å². The van der Waals surface area contributed by atoms with Gasteiger partial charge in [0.05, 0.1) is 6.61 Å². The van der Waals surface area contributed by atoms with Gasteiger partial charge in [0.1, 0.15) is 0 Å². The fourth-order valence-electron chi connectivity index (χ4n) is 2.27. The Morgan fingerprint density at radius 2 is 2.05 bits per heavy atom. The van der Waals surface area contributed by atoms with Gasteiger partial charge in [-0.25, -0.2) is 0 Å². The zero-order valence-electron chi connectivity index (χ0n) is 12.1. The molecule has 7 heteroatoms. The van der Waals surface area contributed by atoms with E-state index in [1.807, 2.05) is 6.92 Å². The third-order valence-corrected chi connectivity index (χ3v) is 3.30. The monoisotopic (exact) mass is 299 g/mol. The largest absolute Gasteiger partial charge is 0.463 e. The molecule has 2 heterocycles. The second-order valence-electron chi connectivity index (χ2n) is 5.11. The first-order valence-corrected chi connectivity index (χ1v) is 7.58. The number of ether oxygens (including phenoxy) is 1. The lowest BCUT2D eigenvalue weighted by atomic mass is 10.3. The maximum Gasteiger partial charge on any atom is 0.322 e. The molecule has 1 aromatic rings. The van der Waals surface area contributed by atoms with Crippen molar-refractivity contribution in [3.05, 3.63) is 5.28 Å². The molecule has 1 aliphatic heterocycles. The maximum atomic E-state index is 5.89. The number of likely N-dealkylation sites (tertiary alicyclic amines) is 1. The Hall–Kier alpha value is -1.14.